The van der Waals surface area contributed by atoms with Gasteiger partial charge in [-0.2, -0.15) is 5.10 Å². The van der Waals surface area contributed by atoms with Crippen molar-refractivity contribution in [1.82, 2.24) is 20.1 Å². The summed E-state index contributed by atoms with van der Waals surface area (Å²) >= 11 is 1.59. The molecule has 0 radical (unpaired) electrons. The minimum atomic E-state index is 0.00632. The number of aromatic amines is 1. The molecule has 3 N–H and O–H groups in total. The normalized spacial score (nSPS) is 19.2. The van der Waals surface area contributed by atoms with Crippen molar-refractivity contribution in [2.75, 3.05) is 6.54 Å². The Hall–Kier alpha value is -1.86. The molecule has 24 heavy (non-hydrogen) atoms. The molecular formula is C17H23N5OS. The number of rotatable bonds is 5. The second-order valence-corrected chi connectivity index (χ2v) is 7.16. The molecule has 2 aromatic rings. The van der Waals surface area contributed by atoms with E-state index < -0.39 is 0 Å². The summed E-state index contributed by atoms with van der Waals surface area (Å²) in [5, 5.41) is 7.45. The number of hydrogen-bond donors (Lipinski definition) is 2. The lowest BCUT2D eigenvalue weighted by molar-refractivity contribution is 0.0584. The molecule has 1 aliphatic rings. The number of likely N-dealkylation sites (tertiary alicyclic amines) is 1. The van der Waals surface area contributed by atoms with Gasteiger partial charge in [0, 0.05) is 29.9 Å². The first kappa shape index (κ1) is 17.0. The highest BCUT2D eigenvalue weighted by Crippen LogP contribution is 2.23. The third kappa shape index (κ3) is 3.96. The summed E-state index contributed by atoms with van der Waals surface area (Å²) in [6, 6.07) is 7.97. The van der Waals surface area contributed by atoms with Crippen LogP contribution in [0.5, 0.6) is 0 Å². The van der Waals surface area contributed by atoms with Crippen molar-refractivity contribution in [3.63, 3.8) is 0 Å². The summed E-state index contributed by atoms with van der Waals surface area (Å²) in [5.41, 5.74) is 7.95. The number of aromatic nitrogens is 3. The van der Waals surface area contributed by atoms with Gasteiger partial charge in [0.05, 0.1) is 0 Å². The van der Waals surface area contributed by atoms with Crippen LogP contribution in [0.1, 0.15) is 42.1 Å². The molecule has 128 valence electrons. The van der Waals surface area contributed by atoms with Crippen LogP contribution < -0.4 is 5.73 Å². The zero-order valence-corrected chi connectivity index (χ0v) is 14.6. The molecule has 0 aliphatic carbocycles. The van der Waals surface area contributed by atoms with Crippen LogP contribution >= 0.6 is 11.8 Å². The molecule has 1 saturated heterocycles. The topological polar surface area (TPSA) is 87.9 Å². The number of amides is 1. The van der Waals surface area contributed by atoms with Gasteiger partial charge >= 0.3 is 0 Å². The van der Waals surface area contributed by atoms with E-state index in [0.717, 1.165) is 47.8 Å². The lowest BCUT2D eigenvalue weighted by atomic mass is 9.96. The number of carbonyl (C=O) groups excluding carboxylic acids is 1. The predicted octanol–water partition coefficient (Wildman–Crippen LogP) is 2.44. The van der Waals surface area contributed by atoms with E-state index in [0.29, 0.717) is 0 Å². The van der Waals surface area contributed by atoms with E-state index in [1.807, 2.05) is 36.1 Å². The van der Waals surface area contributed by atoms with Crippen molar-refractivity contribution in [2.24, 2.45) is 5.73 Å². The quantitative estimate of drug-likeness (QED) is 0.813. The largest absolute Gasteiger partial charge is 0.334 e. The van der Waals surface area contributed by atoms with Gasteiger partial charge in [0.1, 0.15) is 6.33 Å². The lowest BCUT2D eigenvalue weighted by Gasteiger charge is -2.38. The fourth-order valence-corrected chi connectivity index (χ4v) is 3.82. The zero-order valence-electron chi connectivity index (χ0n) is 13.8. The summed E-state index contributed by atoms with van der Waals surface area (Å²) in [7, 11) is 0. The van der Waals surface area contributed by atoms with Gasteiger partial charge in [0.15, 0.2) is 5.16 Å². The van der Waals surface area contributed by atoms with E-state index in [1.54, 1.807) is 11.8 Å². The lowest BCUT2D eigenvalue weighted by Crippen LogP contribution is -2.51. The fraction of sp³-hybridized carbons (Fsp3) is 0.471. The molecule has 0 saturated carbocycles. The van der Waals surface area contributed by atoms with Crippen LogP contribution in [0.2, 0.25) is 0 Å². The van der Waals surface area contributed by atoms with Crippen LogP contribution in [-0.4, -0.2) is 44.6 Å². The van der Waals surface area contributed by atoms with Gasteiger partial charge in [-0.05, 0) is 43.9 Å². The van der Waals surface area contributed by atoms with E-state index in [4.69, 9.17) is 5.73 Å². The van der Waals surface area contributed by atoms with E-state index in [9.17, 15) is 4.79 Å². The van der Waals surface area contributed by atoms with Crippen LogP contribution in [0.25, 0.3) is 0 Å². The summed E-state index contributed by atoms with van der Waals surface area (Å²) in [6.45, 7) is 2.79. The number of hydrogen-bond acceptors (Lipinski definition) is 5. The van der Waals surface area contributed by atoms with Crippen LogP contribution in [0.4, 0.5) is 0 Å². The first-order valence-corrected chi connectivity index (χ1v) is 9.27. The first-order chi connectivity index (χ1) is 11.6. The number of nitrogens with two attached hydrogens (primary N) is 1. The molecule has 7 heteroatoms. The Bertz CT molecular complexity index is 656. The summed E-state index contributed by atoms with van der Waals surface area (Å²) in [6.07, 6.45) is 4.70. The van der Waals surface area contributed by atoms with Gasteiger partial charge in [-0.15, -0.1) is 0 Å². The molecule has 2 heterocycles. The van der Waals surface area contributed by atoms with Crippen molar-refractivity contribution in [2.45, 2.75) is 49.2 Å². The Morgan fingerprint density at radius 3 is 2.88 bits per heavy atom. The van der Waals surface area contributed by atoms with Crippen LogP contribution in [0.15, 0.2) is 35.7 Å². The Labute approximate surface area is 146 Å². The summed E-state index contributed by atoms with van der Waals surface area (Å²) in [4.78, 5) is 18.8. The molecule has 1 aliphatic heterocycles. The van der Waals surface area contributed by atoms with Crippen LogP contribution in [0, 0.1) is 0 Å². The molecule has 0 spiro atoms. The molecule has 0 bridgehead atoms. The maximum atomic E-state index is 12.8. The second kappa shape index (κ2) is 7.81. The highest BCUT2D eigenvalue weighted by atomic mass is 32.2. The highest BCUT2D eigenvalue weighted by molar-refractivity contribution is 7.98. The number of nitrogens with one attached hydrogen (secondary N) is 1. The van der Waals surface area contributed by atoms with Crippen molar-refractivity contribution in [1.29, 1.82) is 0 Å². The maximum absolute atomic E-state index is 12.8. The Morgan fingerprint density at radius 1 is 1.42 bits per heavy atom. The van der Waals surface area contributed by atoms with Gasteiger partial charge in [0.25, 0.3) is 5.91 Å². The molecule has 3 rings (SSSR count). The SMILES string of the molecule is CC(N)C1CCCCN1C(=O)c1ccc(CSc2ncn[nH]2)cc1. The predicted molar refractivity (Wildman–Crippen MR) is 94.7 cm³/mol. The molecule has 1 fully saturated rings. The van der Waals surface area contributed by atoms with E-state index >= 15 is 0 Å². The monoisotopic (exact) mass is 345 g/mol. The van der Waals surface area contributed by atoms with Gasteiger partial charge in [0.2, 0.25) is 0 Å². The third-order valence-corrected chi connectivity index (χ3v) is 5.33. The van der Waals surface area contributed by atoms with Crippen LogP contribution in [-0.2, 0) is 5.75 Å². The molecule has 6 nitrogen and oxygen atoms in total. The Morgan fingerprint density at radius 2 is 2.21 bits per heavy atom. The van der Waals surface area contributed by atoms with E-state index in [-0.39, 0.29) is 18.0 Å². The summed E-state index contributed by atoms with van der Waals surface area (Å²) < 4.78 is 0. The van der Waals surface area contributed by atoms with Gasteiger partial charge in [-0.3, -0.25) is 9.89 Å². The average molecular weight is 345 g/mol. The minimum Gasteiger partial charge on any atom is -0.334 e. The number of H-pyrrole nitrogens is 1. The number of carbonyl (C=O) groups is 1. The molecule has 2 atom stereocenters. The number of thioether (sulfide) groups is 1. The van der Waals surface area contributed by atoms with Gasteiger partial charge < -0.3 is 10.6 Å². The Kier molecular flexibility index (Phi) is 5.52. The molecular weight excluding hydrogens is 322 g/mol. The van der Waals surface area contributed by atoms with Crippen molar-refractivity contribution < 1.29 is 4.79 Å². The first-order valence-electron chi connectivity index (χ1n) is 8.29. The van der Waals surface area contributed by atoms with Crippen LogP contribution in [0.3, 0.4) is 0 Å². The Balaban J connectivity index is 1.64. The number of piperidine rings is 1. The smallest absolute Gasteiger partial charge is 0.254 e. The van der Waals surface area contributed by atoms with E-state index in [1.165, 1.54) is 6.33 Å². The highest BCUT2D eigenvalue weighted by Gasteiger charge is 2.29. The summed E-state index contributed by atoms with van der Waals surface area (Å²) in [5.74, 6) is 0.877. The van der Waals surface area contributed by atoms with Crippen molar-refractivity contribution in [3.05, 3.63) is 41.7 Å². The number of nitrogens with zero attached hydrogens (tertiary/aromatic N) is 3. The van der Waals surface area contributed by atoms with Crippen molar-refractivity contribution >= 4 is 17.7 Å². The second-order valence-electron chi connectivity index (χ2n) is 6.20. The van der Waals surface area contributed by atoms with Gasteiger partial charge in [-0.25, -0.2) is 4.98 Å². The fourth-order valence-electron chi connectivity index (χ4n) is 3.08. The molecule has 1 aromatic carbocycles. The minimum absolute atomic E-state index is 0.00632. The standard InChI is InChI=1S/C17H23N5OS/c1-12(18)15-4-2-3-9-22(15)16(23)14-7-5-13(6-8-14)10-24-17-19-11-20-21-17/h5-8,11-12,15H,2-4,9-10,18H2,1H3,(H,19,20,21). The third-order valence-electron chi connectivity index (χ3n) is 4.39. The maximum Gasteiger partial charge on any atom is 0.254 e. The average Bonchev–Trinajstić information content (AvgIpc) is 3.13. The van der Waals surface area contributed by atoms with Gasteiger partial charge in [-0.1, -0.05) is 23.9 Å². The zero-order chi connectivity index (χ0) is 16.9. The van der Waals surface area contributed by atoms with Crippen molar-refractivity contribution in [3.8, 4) is 0 Å². The number of benzene rings is 1. The molecule has 2 unspecified atom stereocenters. The van der Waals surface area contributed by atoms with E-state index in [2.05, 4.69) is 15.2 Å². The molecule has 1 amide bonds. The molecule has 1 aromatic heterocycles.